The van der Waals surface area contributed by atoms with Crippen LogP contribution in [0.25, 0.3) is 0 Å². The van der Waals surface area contributed by atoms with E-state index in [2.05, 4.69) is 22.4 Å². The maximum atomic E-state index is 5.47. The number of nitrogens with one attached hydrogen (secondary N) is 1. The average Bonchev–Trinajstić information content (AvgIpc) is 2.86. The Morgan fingerprint density at radius 1 is 1.26 bits per heavy atom. The van der Waals surface area contributed by atoms with E-state index >= 15 is 0 Å². The minimum Gasteiger partial charge on any atom is -0.380 e. The molecule has 0 saturated carbocycles. The number of aromatic nitrogens is 2. The Morgan fingerprint density at radius 2 is 2.11 bits per heavy atom. The smallest absolute Gasteiger partial charge is 0.208 e. The van der Waals surface area contributed by atoms with Gasteiger partial charge in [0.25, 0.3) is 0 Å². The minimum atomic E-state index is 0.800. The van der Waals surface area contributed by atoms with Crippen LogP contribution in [0.1, 0.15) is 19.8 Å². The molecule has 19 heavy (non-hydrogen) atoms. The van der Waals surface area contributed by atoms with Crippen molar-refractivity contribution in [3.05, 3.63) is 0 Å². The lowest BCUT2D eigenvalue weighted by Gasteiger charge is -2.05. The number of nitrogens with zero attached hydrogens (tertiary/aromatic N) is 3. The molecule has 0 aliphatic heterocycles. The molecule has 0 saturated heterocycles. The Morgan fingerprint density at radius 3 is 2.79 bits per heavy atom. The molecule has 1 N–H and O–H groups in total. The van der Waals surface area contributed by atoms with Crippen molar-refractivity contribution in [3.63, 3.8) is 0 Å². The van der Waals surface area contributed by atoms with Gasteiger partial charge in [-0.1, -0.05) is 36.4 Å². The summed E-state index contributed by atoms with van der Waals surface area (Å²) >= 11 is 3.38. The van der Waals surface area contributed by atoms with Crippen molar-refractivity contribution in [3.8, 4) is 0 Å². The van der Waals surface area contributed by atoms with Gasteiger partial charge in [-0.05, 0) is 6.42 Å². The summed E-state index contributed by atoms with van der Waals surface area (Å²) in [4.78, 5) is 1.98. The van der Waals surface area contributed by atoms with Crippen LogP contribution >= 0.6 is 23.1 Å². The second kappa shape index (κ2) is 10.4. The molecule has 110 valence electrons. The van der Waals surface area contributed by atoms with Crippen LogP contribution in [0.15, 0.2) is 4.34 Å². The van der Waals surface area contributed by atoms with E-state index in [-0.39, 0.29) is 0 Å². The van der Waals surface area contributed by atoms with E-state index in [1.54, 1.807) is 23.1 Å². The van der Waals surface area contributed by atoms with Crippen molar-refractivity contribution in [2.24, 2.45) is 0 Å². The lowest BCUT2D eigenvalue weighted by molar-refractivity contribution is 0.133. The van der Waals surface area contributed by atoms with Crippen LogP contribution in [-0.4, -0.2) is 56.3 Å². The fourth-order valence-electron chi connectivity index (χ4n) is 1.27. The van der Waals surface area contributed by atoms with Crippen LogP contribution in [0.4, 0.5) is 5.13 Å². The van der Waals surface area contributed by atoms with Gasteiger partial charge in [0.15, 0.2) is 4.34 Å². The molecule has 0 fully saturated rings. The summed E-state index contributed by atoms with van der Waals surface area (Å²) in [5.74, 6) is 1.01. The van der Waals surface area contributed by atoms with E-state index < -0.39 is 0 Å². The average molecular weight is 304 g/mol. The summed E-state index contributed by atoms with van der Waals surface area (Å²) in [5, 5.41) is 12.6. The summed E-state index contributed by atoms with van der Waals surface area (Å²) in [6.07, 6.45) is 2.35. The Bertz CT molecular complexity index is 333. The van der Waals surface area contributed by atoms with Gasteiger partial charge < -0.3 is 15.0 Å². The Balaban J connectivity index is 1.95. The van der Waals surface area contributed by atoms with E-state index in [4.69, 9.17) is 4.74 Å². The number of hydrogen-bond donors (Lipinski definition) is 1. The Hall–Kier alpha value is -0.370. The fourth-order valence-corrected chi connectivity index (χ4v) is 3.00. The lowest BCUT2D eigenvalue weighted by atomic mass is 10.4. The third-order valence-corrected chi connectivity index (χ3v) is 4.57. The molecule has 7 heteroatoms. The summed E-state index contributed by atoms with van der Waals surface area (Å²) in [6.45, 7) is 5.75. The zero-order chi connectivity index (χ0) is 13.9. The number of hydrogen-bond acceptors (Lipinski definition) is 7. The number of thioether (sulfide) groups is 1. The summed E-state index contributed by atoms with van der Waals surface area (Å²) < 4.78 is 6.51. The molecule has 0 unspecified atom stereocenters. The number of anilines is 1. The van der Waals surface area contributed by atoms with Gasteiger partial charge in [-0.2, -0.15) is 0 Å². The van der Waals surface area contributed by atoms with Crippen molar-refractivity contribution in [2.45, 2.75) is 24.1 Å². The zero-order valence-electron chi connectivity index (χ0n) is 12.0. The van der Waals surface area contributed by atoms with Crippen LogP contribution in [0.2, 0.25) is 0 Å². The molecule has 0 bridgehead atoms. The quantitative estimate of drug-likeness (QED) is 0.499. The highest BCUT2D eigenvalue weighted by molar-refractivity contribution is 8.01. The SMILES string of the molecule is CCCCOCCNCCSc1nnc(N(C)C)s1. The molecular formula is C12H24N4OS2. The molecular weight excluding hydrogens is 280 g/mol. The highest BCUT2D eigenvalue weighted by Crippen LogP contribution is 2.26. The largest absolute Gasteiger partial charge is 0.380 e. The second-order valence-electron chi connectivity index (χ2n) is 4.31. The molecule has 0 radical (unpaired) electrons. The normalized spacial score (nSPS) is 10.9. The van der Waals surface area contributed by atoms with Gasteiger partial charge in [0, 0.05) is 39.5 Å². The van der Waals surface area contributed by atoms with Crippen molar-refractivity contribution in [1.29, 1.82) is 0 Å². The van der Waals surface area contributed by atoms with E-state index in [9.17, 15) is 0 Å². The first-order valence-corrected chi connectivity index (χ1v) is 8.46. The predicted molar refractivity (Wildman–Crippen MR) is 83.6 cm³/mol. The number of rotatable bonds is 11. The van der Waals surface area contributed by atoms with E-state index in [0.29, 0.717) is 0 Å². The van der Waals surface area contributed by atoms with Crippen LogP contribution in [0.3, 0.4) is 0 Å². The van der Waals surface area contributed by atoms with Crippen LogP contribution < -0.4 is 10.2 Å². The molecule has 0 aromatic carbocycles. The van der Waals surface area contributed by atoms with Crippen LogP contribution in [0, 0.1) is 0 Å². The van der Waals surface area contributed by atoms with Gasteiger partial charge in [-0.15, -0.1) is 10.2 Å². The van der Waals surface area contributed by atoms with Gasteiger partial charge in [-0.25, -0.2) is 0 Å². The molecule has 5 nitrogen and oxygen atoms in total. The third kappa shape index (κ3) is 7.71. The topological polar surface area (TPSA) is 50.3 Å². The highest BCUT2D eigenvalue weighted by Gasteiger charge is 2.05. The molecule has 0 amide bonds. The van der Waals surface area contributed by atoms with Crippen molar-refractivity contribution in [1.82, 2.24) is 15.5 Å². The van der Waals surface area contributed by atoms with Gasteiger partial charge in [0.2, 0.25) is 5.13 Å². The van der Waals surface area contributed by atoms with Crippen LogP contribution in [-0.2, 0) is 4.74 Å². The second-order valence-corrected chi connectivity index (χ2v) is 6.61. The molecule has 0 spiro atoms. The predicted octanol–water partition coefficient (Wildman–Crippen LogP) is 2.10. The van der Waals surface area contributed by atoms with Gasteiger partial charge in [0.1, 0.15) is 0 Å². The molecule has 0 aliphatic rings. The maximum absolute atomic E-state index is 5.47. The highest BCUT2D eigenvalue weighted by atomic mass is 32.2. The lowest BCUT2D eigenvalue weighted by Crippen LogP contribution is -2.22. The molecule has 1 aromatic heterocycles. The molecule has 1 aromatic rings. The molecule has 1 rings (SSSR count). The van der Waals surface area contributed by atoms with Crippen molar-refractivity contribution in [2.75, 3.05) is 51.1 Å². The van der Waals surface area contributed by atoms with E-state index in [1.807, 2.05) is 19.0 Å². The van der Waals surface area contributed by atoms with Gasteiger partial charge in [-0.3, -0.25) is 0 Å². The summed E-state index contributed by atoms with van der Waals surface area (Å²) in [6, 6.07) is 0. The first-order valence-electron chi connectivity index (χ1n) is 6.66. The number of unbranched alkanes of at least 4 members (excludes halogenated alkanes) is 1. The summed E-state index contributed by atoms with van der Waals surface area (Å²) in [5.41, 5.74) is 0. The molecule has 0 atom stereocenters. The first kappa shape index (κ1) is 16.7. The number of ether oxygens (including phenoxy) is 1. The maximum Gasteiger partial charge on any atom is 0.208 e. The van der Waals surface area contributed by atoms with E-state index in [1.165, 1.54) is 6.42 Å². The fraction of sp³-hybridized carbons (Fsp3) is 0.833. The van der Waals surface area contributed by atoms with E-state index in [0.717, 1.165) is 47.9 Å². The third-order valence-electron chi connectivity index (χ3n) is 2.35. The standard InChI is InChI=1S/C12H24N4OS2/c1-4-5-8-17-9-6-13-7-10-18-12-15-14-11(19-12)16(2)3/h13H,4-10H2,1-3H3. The van der Waals surface area contributed by atoms with Crippen molar-refractivity contribution >= 4 is 28.2 Å². The minimum absolute atomic E-state index is 0.800. The monoisotopic (exact) mass is 304 g/mol. The zero-order valence-corrected chi connectivity index (χ0v) is 13.6. The van der Waals surface area contributed by atoms with Crippen LogP contribution in [0.5, 0.6) is 0 Å². The Labute approximate surface area is 124 Å². The Kier molecular flexibility index (Phi) is 9.15. The van der Waals surface area contributed by atoms with Gasteiger partial charge in [0.05, 0.1) is 6.61 Å². The molecule has 0 aliphatic carbocycles. The summed E-state index contributed by atoms with van der Waals surface area (Å²) in [7, 11) is 3.96. The van der Waals surface area contributed by atoms with Gasteiger partial charge >= 0.3 is 0 Å². The van der Waals surface area contributed by atoms with Crippen molar-refractivity contribution < 1.29 is 4.74 Å². The first-order chi connectivity index (χ1) is 9.24. The molecule has 1 heterocycles.